The lowest BCUT2D eigenvalue weighted by atomic mass is 9.91. The van der Waals surface area contributed by atoms with Gasteiger partial charge in [0, 0.05) is 33.0 Å². The minimum atomic E-state index is 0.625. The number of benzene rings is 8. The standard InChI is InChI=1S/C49H30N4/c1-4-16-31(17-5-1)40-30-34-22-14-26-37-35-23-10-11-24-36(35)38-27-15-29-42-44(38)45(43(34)37)46(40)53(42)41-28-13-12-25-39(41)49-51-47(32-18-6-2-7-19-32)50-48(52-49)33-20-8-3-9-21-33/h1-30H. The molecule has 1 aliphatic carbocycles. The number of nitrogens with zero attached hydrogens (tertiary/aromatic N) is 4. The van der Waals surface area contributed by atoms with Gasteiger partial charge in [0.15, 0.2) is 17.5 Å². The Hall–Kier alpha value is -7.17. The van der Waals surface area contributed by atoms with Gasteiger partial charge in [0.25, 0.3) is 0 Å². The molecule has 0 saturated heterocycles. The second-order valence-electron chi connectivity index (χ2n) is 13.6. The zero-order valence-electron chi connectivity index (χ0n) is 28.6. The van der Waals surface area contributed by atoms with E-state index in [0.29, 0.717) is 17.5 Å². The summed E-state index contributed by atoms with van der Waals surface area (Å²) in [6, 6.07) is 64.4. The molecule has 53 heavy (non-hydrogen) atoms. The number of rotatable bonds is 5. The van der Waals surface area contributed by atoms with Crippen LogP contribution in [0.4, 0.5) is 0 Å². The normalized spacial score (nSPS) is 11.8. The highest BCUT2D eigenvalue weighted by Crippen LogP contribution is 2.52. The third-order valence-corrected chi connectivity index (χ3v) is 10.6. The van der Waals surface area contributed by atoms with Crippen LogP contribution in [0.25, 0.3) is 106 Å². The average Bonchev–Trinajstić information content (AvgIpc) is 3.53. The van der Waals surface area contributed by atoms with Gasteiger partial charge in [-0.2, -0.15) is 0 Å². The fraction of sp³-hybridized carbons (Fsp3) is 0. The van der Waals surface area contributed by atoms with E-state index in [4.69, 9.17) is 15.0 Å². The Kier molecular flexibility index (Phi) is 6.52. The minimum absolute atomic E-state index is 0.625. The molecule has 0 saturated carbocycles. The van der Waals surface area contributed by atoms with Crippen molar-refractivity contribution in [3.05, 3.63) is 182 Å². The predicted molar refractivity (Wildman–Crippen MR) is 218 cm³/mol. The lowest BCUT2D eigenvalue weighted by Gasteiger charge is -2.18. The highest BCUT2D eigenvalue weighted by atomic mass is 15.1. The summed E-state index contributed by atoms with van der Waals surface area (Å²) < 4.78 is 2.46. The molecule has 11 rings (SSSR count). The molecule has 0 atom stereocenters. The first-order valence-corrected chi connectivity index (χ1v) is 18.0. The van der Waals surface area contributed by atoms with Crippen LogP contribution in [0.3, 0.4) is 0 Å². The summed E-state index contributed by atoms with van der Waals surface area (Å²) in [7, 11) is 0. The van der Waals surface area contributed by atoms with Crippen LogP contribution >= 0.6 is 0 Å². The quantitative estimate of drug-likeness (QED) is 0.182. The van der Waals surface area contributed by atoms with Gasteiger partial charge in [0.05, 0.1) is 16.7 Å². The van der Waals surface area contributed by atoms with Crippen molar-refractivity contribution in [2.24, 2.45) is 0 Å². The molecule has 0 fully saturated rings. The molecule has 0 unspecified atom stereocenters. The molecule has 0 N–H and O–H groups in total. The van der Waals surface area contributed by atoms with Crippen LogP contribution in [-0.2, 0) is 0 Å². The Morgan fingerprint density at radius 1 is 0.321 bits per heavy atom. The number of fused-ring (bicyclic) bond motifs is 3. The molecule has 2 heterocycles. The van der Waals surface area contributed by atoms with E-state index in [-0.39, 0.29) is 0 Å². The monoisotopic (exact) mass is 674 g/mol. The maximum Gasteiger partial charge on any atom is 0.166 e. The topological polar surface area (TPSA) is 43.6 Å². The average molecular weight is 675 g/mol. The van der Waals surface area contributed by atoms with Crippen molar-refractivity contribution in [3.63, 3.8) is 0 Å². The zero-order valence-corrected chi connectivity index (χ0v) is 28.6. The molecule has 0 amide bonds. The maximum absolute atomic E-state index is 5.20. The van der Waals surface area contributed by atoms with E-state index in [1.807, 2.05) is 36.4 Å². The van der Waals surface area contributed by atoms with E-state index in [0.717, 1.165) is 27.9 Å². The zero-order chi connectivity index (χ0) is 34.9. The highest BCUT2D eigenvalue weighted by Gasteiger charge is 2.28. The Balaban J connectivity index is 1.30. The van der Waals surface area contributed by atoms with Crippen molar-refractivity contribution in [1.29, 1.82) is 0 Å². The molecule has 0 bridgehead atoms. The van der Waals surface area contributed by atoms with Gasteiger partial charge in [-0.1, -0.05) is 158 Å². The van der Waals surface area contributed by atoms with E-state index in [1.165, 1.54) is 60.4 Å². The molecule has 0 spiro atoms. The van der Waals surface area contributed by atoms with E-state index in [2.05, 4.69) is 150 Å². The number of hydrogen-bond acceptors (Lipinski definition) is 3. The molecule has 2 aromatic heterocycles. The summed E-state index contributed by atoms with van der Waals surface area (Å²) in [6.45, 7) is 0. The summed E-state index contributed by atoms with van der Waals surface area (Å²) in [5.41, 5.74) is 13.5. The van der Waals surface area contributed by atoms with Gasteiger partial charge in [-0.05, 0) is 62.9 Å². The van der Waals surface area contributed by atoms with Crippen molar-refractivity contribution in [1.82, 2.24) is 19.5 Å². The van der Waals surface area contributed by atoms with E-state index in [9.17, 15) is 0 Å². The van der Waals surface area contributed by atoms with Gasteiger partial charge in [0.2, 0.25) is 0 Å². The van der Waals surface area contributed by atoms with Crippen LogP contribution in [0.5, 0.6) is 0 Å². The smallest absolute Gasteiger partial charge is 0.166 e. The number of aromatic nitrogens is 4. The van der Waals surface area contributed by atoms with Gasteiger partial charge in [-0.25, -0.2) is 15.0 Å². The predicted octanol–water partition coefficient (Wildman–Crippen LogP) is 12.4. The van der Waals surface area contributed by atoms with Crippen molar-refractivity contribution >= 4 is 32.6 Å². The molecule has 0 aliphatic heterocycles. The summed E-state index contributed by atoms with van der Waals surface area (Å²) in [6.07, 6.45) is 0. The van der Waals surface area contributed by atoms with Crippen LogP contribution in [-0.4, -0.2) is 19.5 Å². The Morgan fingerprint density at radius 3 is 1.45 bits per heavy atom. The second-order valence-corrected chi connectivity index (χ2v) is 13.6. The Labute approximate surface area is 306 Å². The molecule has 1 aliphatic rings. The first kappa shape index (κ1) is 29.5. The molecular weight excluding hydrogens is 645 g/mol. The minimum Gasteiger partial charge on any atom is -0.308 e. The fourth-order valence-corrected chi connectivity index (χ4v) is 8.31. The van der Waals surface area contributed by atoms with Crippen molar-refractivity contribution < 1.29 is 0 Å². The molecule has 4 heteroatoms. The Morgan fingerprint density at radius 2 is 0.811 bits per heavy atom. The van der Waals surface area contributed by atoms with E-state index >= 15 is 0 Å². The summed E-state index contributed by atoms with van der Waals surface area (Å²) >= 11 is 0. The van der Waals surface area contributed by atoms with Gasteiger partial charge in [-0.3, -0.25) is 0 Å². The van der Waals surface area contributed by atoms with Gasteiger partial charge in [0.1, 0.15) is 0 Å². The van der Waals surface area contributed by atoms with Gasteiger partial charge in [-0.15, -0.1) is 0 Å². The van der Waals surface area contributed by atoms with Crippen LogP contribution in [0.2, 0.25) is 0 Å². The molecule has 0 radical (unpaired) electrons. The summed E-state index contributed by atoms with van der Waals surface area (Å²) in [5.74, 6) is 1.90. The SMILES string of the molecule is c1ccc(-c2nc(-c3ccccc3)nc(-c3ccccc3-n3c4cccc5c4c4c6c(cccc6cc(-c6ccccc6)c43)-c3ccccc3-5)n2)cc1. The Bertz CT molecular complexity index is 2980. The number of para-hydroxylation sites is 1. The molecule has 246 valence electrons. The van der Waals surface area contributed by atoms with Crippen LogP contribution in [0.15, 0.2) is 182 Å². The summed E-state index contributed by atoms with van der Waals surface area (Å²) in [5, 5.41) is 5.02. The molecule has 8 aromatic carbocycles. The lowest BCUT2D eigenvalue weighted by molar-refractivity contribution is 1.06. The largest absolute Gasteiger partial charge is 0.308 e. The summed E-state index contributed by atoms with van der Waals surface area (Å²) in [4.78, 5) is 15.4. The van der Waals surface area contributed by atoms with Crippen LogP contribution in [0, 0.1) is 0 Å². The first-order chi connectivity index (χ1) is 26.3. The van der Waals surface area contributed by atoms with Crippen LogP contribution in [0.1, 0.15) is 0 Å². The number of hydrogen-bond donors (Lipinski definition) is 0. The highest BCUT2D eigenvalue weighted by molar-refractivity contribution is 6.32. The van der Waals surface area contributed by atoms with Crippen LogP contribution < -0.4 is 0 Å². The van der Waals surface area contributed by atoms with Crippen molar-refractivity contribution in [2.75, 3.05) is 0 Å². The van der Waals surface area contributed by atoms with Crippen molar-refractivity contribution in [2.45, 2.75) is 0 Å². The third-order valence-electron chi connectivity index (χ3n) is 10.6. The van der Waals surface area contributed by atoms with Gasteiger partial charge >= 0.3 is 0 Å². The second kappa shape index (κ2) is 11.7. The lowest BCUT2D eigenvalue weighted by Crippen LogP contribution is -2.04. The fourth-order valence-electron chi connectivity index (χ4n) is 8.31. The van der Waals surface area contributed by atoms with Gasteiger partial charge < -0.3 is 4.57 Å². The van der Waals surface area contributed by atoms with E-state index < -0.39 is 0 Å². The molecule has 4 nitrogen and oxygen atoms in total. The van der Waals surface area contributed by atoms with Crippen molar-refractivity contribution in [3.8, 4) is 73.2 Å². The maximum atomic E-state index is 5.20. The molecule has 10 aromatic rings. The molecular formula is C49H30N4. The third kappa shape index (κ3) is 4.52. The van der Waals surface area contributed by atoms with E-state index in [1.54, 1.807) is 0 Å². The first-order valence-electron chi connectivity index (χ1n) is 18.0.